The van der Waals surface area contributed by atoms with Crippen LogP contribution in [0, 0.1) is 5.41 Å². The molecule has 1 amide bonds. The molecule has 1 saturated heterocycles. The Labute approximate surface area is 89.8 Å². The van der Waals surface area contributed by atoms with Crippen molar-refractivity contribution in [1.82, 2.24) is 10.2 Å². The van der Waals surface area contributed by atoms with Gasteiger partial charge in [0.15, 0.2) is 0 Å². The fraction of sp³-hybridized carbons (Fsp3) is 0.600. The summed E-state index contributed by atoms with van der Waals surface area (Å²) in [4.78, 5) is 13.5. The van der Waals surface area contributed by atoms with Crippen LogP contribution in [0.1, 0.15) is 20.3 Å². The van der Waals surface area contributed by atoms with E-state index < -0.39 is 0 Å². The molecule has 0 radical (unpaired) electrons. The Balaban J connectivity index is 2.69. The zero-order valence-corrected chi connectivity index (χ0v) is 9.21. The molecule has 5 nitrogen and oxygen atoms in total. The van der Waals surface area contributed by atoms with Crippen LogP contribution in [0.4, 0.5) is 0 Å². The van der Waals surface area contributed by atoms with E-state index in [0.717, 1.165) is 12.1 Å². The van der Waals surface area contributed by atoms with Gasteiger partial charge in [0, 0.05) is 24.7 Å². The predicted octanol–water partition coefficient (Wildman–Crippen LogP) is 0.0366. The van der Waals surface area contributed by atoms with Crippen LogP contribution in [-0.4, -0.2) is 35.8 Å². The number of carbonyl (C=O) groups is 1. The smallest absolute Gasteiger partial charge is 0.242 e. The van der Waals surface area contributed by atoms with Crippen molar-refractivity contribution in [2.75, 3.05) is 13.1 Å². The van der Waals surface area contributed by atoms with Gasteiger partial charge in [0.1, 0.15) is 5.84 Å². The Morgan fingerprint density at radius 1 is 1.67 bits per heavy atom. The molecule has 15 heavy (non-hydrogen) atoms. The second-order valence-electron chi connectivity index (χ2n) is 3.91. The largest absolute Gasteiger partial charge is 0.384 e. The summed E-state index contributed by atoms with van der Waals surface area (Å²) in [6.45, 7) is 4.97. The molecule has 4 N–H and O–H groups in total. The van der Waals surface area contributed by atoms with Crippen LogP contribution < -0.4 is 11.1 Å². The molecule has 0 aromatic carbocycles. The molecule has 0 aromatic rings. The summed E-state index contributed by atoms with van der Waals surface area (Å²) in [7, 11) is 0. The van der Waals surface area contributed by atoms with E-state index in [1.165, 1.54) is 0 Å². The number of hydrogen-bond acceptors (Lipinski definition) is 3. The van der Waals surface area contributed by atoms with Crippen molar-refractivity contribution in [3.05, 3.63) is 11.8 Å². The van der Waals surface area contributed by atoms with E-state index in [1.807, 2.05) is 18.7 Å². The lowest BCUT2D eigenvalue weighted by Gasteiger charge is -2.24. The summed E-state index contributed by atoms with van der Waals surface area (Å²) < 4.78 is 0. The SMILES string of the molecule is CC(C)N1CC/C(=C/C(=N)N)NCC1=O. The van der Waals surface area contributed by atoms with Crippen molar-refractivity contribution < 1.29 is 4.79 Å². The van der Waals surface area contributed by atoms with Gasteiger partial charge in [0.25, 0.3) is 0 Å². The fourth-order valence-corrected chi connectivity index (χ4v) is 1.60. The van der Waals surface area contributed by atoms with E-state index in [-0.39, 0.29) is 24.3 Å². The minimum atomic E-state index is 0.0166. The van der Waals surface area contributed by atoms with Gasteiger partial charge >= 0.3 is 0 Å². The third-order valence-electron chi connectivity index (χ3n) is 2.36. The zero-order chi connectivity index (χ0) is 11.4. The normalized spacial score (nSPS) is 20.3. The van der Waals surface area contributed by atoms with Crippen molar-refractivity contribution in [3.63, 3.8) is 0 Å². The van der Waals surface area contributed by atoms with Crippen molar-refractivity contribution >= 4 is 11.7 Å². The van der Waals surface area contributed by atoms with Crippen LogP contribution in [0.15, 0.2) is 11.8 Å². The first-order valence-electron chi connectivity index (χ1n) is 5.08. The lowest BCUT2D eigenvalue weighted by Crippen LogP contribution is -2.39. The molecule has 1 aliphatic rings. The van der Waals surface area contributed by atoms with Gasteiger partial charge in [-0.05, 0) is 19.9 Å². The molecule has 0 atom stereocenters. The lowest BCUT2D eigenvalue weighted by atomic mass is 10.2. The number of carbonyl (C=O) groups excluding carboxylic acids is 1. The first kappa shape index (κ1) is 11.6. The van der Waals surface area contributed by atoms with Crippen molar-refractivity contribution in [2.24, 2.45) is 5.73 Å². The highest BCUT2D eigenvalue weighted by Crippen LogP contribution is 2.08. The number of hydrogen-bond donors (Lipinski definition) is 3. The number of nitrogens with zero attached hydrogens (tertiary/aromatic N) is 1. The molecule has 1 aliphatic heterocycles. The molecule has 0 spiro atoms. The van der Waals surface area contributed by atoms with Gasteiger partial charge in [-0.25, -0.2) is 0 Å². The monoisotopic (exact) mass is 210 g/mol. The van der Waals surface area contributed by atoms with Gasteiger partial charge in [0.05, 0.1) is 6.54 Å². The zero-order valence-electron chi connectivity index (χ0n) is 9.21. The maximum atomic E-state index is 11.6. The standard InChI is InChI=1S/C10H18N4O/c1-7(2)14-4-3-8(5-9(11)12)13-6-10(14)15/h5,7,13H,3-4,6H2,1-2H3,(H3,11,12)/b8-5-. The van der Waals surface area contributed by atoms with E-state index >= 15 is 0 Å². The van der Waals surface area contributed by atoms with Crippen molar-refractivity contribution in [1.29, 1.82) is 5.41 Å². The Bertz CT molecular complexity index is 296. The summed E-state index contributed by atoms with van der Waals surface area (Å²) in [5.41, 5.74) is 6.13. The highest BCUT2D eigenvalue weighted by Gasteiger charge is 2.20. The maximum Gasteiger partial charge on any atom is 0.242 e. The summed E-state index contributed by atoms with van der Waals surface area (Å²) in [5.74, 6) is 0.111. The summed E-state index contributed by atoms with van der Waals surface area (Å²) in [6.07, 6.45) is 2.29. The molecule has 0 aliphatic carbocycles. The molecule has 0 unspecified atom stereocenters. The highest BCUT2D eigenvalue weighted by atomic mass is 16.2. The summed E-state index contributed by atoms with van der Waals surface area (Å²) >= 11 is 0. The van der Waals surface area contributed by atoms with Gasteiger partial charge < -0.3 is 16.0 Å². The molecular weight excluding hydrogens is 192 g/mol. The van der Waals surface area contributed by atoms with Crippen LogP contribution in [0.2, 0.25) is 0 Å². The number of amides is 1. The third kappa shape index (κ3) is 3.27. The molecule has 0 aromatic heterocycles. The van der Waals surface area contributed by atoms with Crippen LogP contribution in [0.3, 0.4) is 0 Å². The van der Waals surface area contributed by atoms with Crippen LogP contribution in [0.5, 0.6) is 0 Å². The van der Waals surface area contributed by atoms with E-state index in [4.69, 9.17) is 11.1 Å². The summed E-state index contributed by atoms with van der Waals surface area (Å²) in [6, 6.07) is 0.218. The number of rotatable bonds is 2. The average Bonchev–Trinajstić information content (AvgIpc) is 2.28. The minimum Gasteiger partial charge on any atom is -0.384 e. The van der Waals surface area contributed by atoms with Crippen LogP contribution in [0.25, 0.3) is 0 Å². The molecular formula is C10H18N4O. The van der Waals surface area contributed by atoms with Gasteiger partial charge in [-0.3, -0.25) is 10.2 Å². The molecule has 0 bridgehead atoms. The van der Waals surface area contributed by atoms with Gasteiger partial charge in [-0.1, -0.05) is 0 Å². The van der Waals surface area contributed by atoms with E-state index in [2.05, 4.69) is 5.32 Å². The first-order valence-corrected chi connectivity index (χ1v) is 5.08. The van der Waals surface area contributed by atoms with E-state index in [0.29, 0.717) is 6.54 Å². The van der Waals surface area contributed by atoms with E-state index in [1.54, 1.807) is 6.08 Å². The number of nitrogens with two attached hydrogens (primary N) is 1. The third-order valence-corrected chi connectivity index (χ3v) is 2.36. The Hall–Kier alpha value is -1.52. The molecule has 1 rings (SSSR count). The molecule has 84 valence electrons. The predicted molar refractivity (Wildman–Crippen MR) is 59.5 cm³/mol. The first-order chi connectivity index (χ1) is 7.00. The van der Waals surface area contributed by atoms with Crippen LogP contribution in [-0.2, 0) is 4.79 Å². The highest BCUT2D eigenvalue weighted by molar-refractivity contribution is 5.89. The Morgan fingerprint density at radius 2 is 2.33 bits per heavy atom. The molecule has 0 saturated carbocycles. The summed E-state index contributed by atoms with van der Waals surface area (Å²) in [5, 5.41) is 10.1. The van der Waals surface area contributed by atoms with Crippen molar-refractivity contribution in [2.45, 2.75) is 26.3 Å². The van der Waals surface area contributed by atoms with E-state index in [9.17, 15) is 4.79 Å². The quantitative estimate of drug-likeness (QED) is 0.444. The van der Waals surface area contributed by atoms with Gasteiger partial charge in [-0.15, -0.1) is 0 Å². The Kier molecular flexibility index (Phi) is 3.71. The number of amidine groups is 1. The molecule has 1 fully saturated rings. The van der Waals surface area contributed by atoms with Crippen molar-refractivity contribution in [3.8, 4) is 0 Å². The molecule has 5 heteroatoms. The average molecular weight is 210 g/mol. The Morgan fingerprint density at radius 3 is 2.87 bits per heavy atom. The number of nitrogens with one attached hydrogen (secondary N) is 2. The lowest BCUT2D eigenvalue weighted by molar-refractivity contribution is -0.131. The topological polar surface area (TPSA) is 82.2 Å². The molecule has 1 heterocycles. The second kappa shape index (κ2) is 4.82. The van der Waals surface area contributed by atoms with Gasteiger partial charge in [0.2, 0.25) is 5.91 Å². The fourth-order valence-electron chi connectivity index (χ4n) is 1.60. The second-order valence-corrected chi connectivity index (χ2v) is 3.91. The van der Waals surface area contributed by atoms with Crippen LogP contribution >= 0.6 is 0 Å². The van der Waals surface area contributed by atoms with Gasteiger partial charge in [-0.2, -0.15) is 0 Å². The maximum absolute atomic E-state index is 11.6. The minimum absolute atomic E-state index is 0.0166.